The molecule has 2 rings (SSSR count). The van der Waals surface area contributed by atoms with E-state index in [1.807, 2.05) is 32.9 Å². The highest BCUT2D eigenvalue weighted by molar-refractivity contribution is 5.99. The van der Waals surface area contributed by atoms with Crippen LogP contribution in [0, 0.1) is 26.6 Å². The first-order valence-electron chi connectivity index (χ1n) is 7.66. The van der Waals surface area contributed by atoms with Crippen LogP contribution in [0.2, 0.25) is 0 Å². The smallest absolute Gasteiger partial charge is 0.254 e. The number of likely N-dealkylation sites (N-methyl/N-ethyl adjacent to an activating group) is 1. The standard InChI is InChI=1S/C19H21FN2O2/c1-12-9-13(2)18(14(3)10-12)21-17(23)11-22(4)19(24)15-5-7-16(20)8-6-15/h5-10H,11H2,1-4H3,(H,21,23). The Balaban J connectivity index is 2.04. The van der Waals surface area contributed by atoms with Crippen LogP contribution in [0.4, 0.5) is 10.1 Å². The molecule has 0 spiro atoms. The number of carbonyl (C=O) groups is 2. The number of hydrogen-bond acceptors (Lipinski definition) is 2. The molecule has 5 heteroatoms. The van der Waals surface area contributed by atoms with Gasteiger partial charge in [0, 0.05) is 18.3 Å². The third kappa shape index (κ3) is 4.19. The highest BCUT2D eigenvalue weighted by Crippen LogP contribution is 2.21. The number of nitrogens with one attached hydrogen (secondary N) is 1. The van der Waals surface area contributed by atoms with Gasteiger partial charge in [0.25, 0.3) is 5.91 Å². The van der Waals surface area contributed by atoms with Gasteiger partial charge in [-0.3, -0.25) is 9.59 Å². The fraction of sp³-hybridized carbons (Fsp3) is 0.263. The van der Waals surface area contributed by atoms with Crippen molar-refractivity contribution in [2.24, 2.45) is 0 Å². The monoisotopic (exact) mass is 328 g/mol. The molecule has 2 amide bonds. The Bertz CT molecular complexity index is 746. The summed E-state index contributed by atoms with van der Waals surface area (Å²) in [6.07, 6.45) is 0. The fourth-order valence-corrected chi connectivity index (χ4v) is 2.66. The van der Waals surface area contributed by atoms with Crippen molar-refractivity contribution >= 4 is 17.5 Å². The molecular formula is C19H21FN2O2. The molecule has 0 unspecified atom stereocenters. The average Bonchev–Trinajstić information content (AvgIpc) is 2.50. The van der Waals surface area contributed by atoms with E-state index in [0.717, 1.165) is 22.4 Å². The van der Waals surface area contributed by atoms with E-state index < -0.39 is 5.82 Å². The minimum Gasteiger partial charge on any atom is -0.332 e. The molecule has 4 nitrogen and oxygen atoms in total. The predicted molar refractivity (Wildman–Crippen MR) is 92.6 cm³/mol. The van der Waals surface area contributed by atoms with Crippen LogP contribution < -0.4 is 5.32 Å². The van der Waals surface area contributed by atoms with Crippen LogP contribution in [0.15, 0.2) is 36.4 Å². The first kappa shape index (κ1) is 17.7. The lowest BCUT2D eigenvalue weighted by Crippen LogP contribution is -2.35. The van der Waals surface area contributed by atoms with Crippen molar-refractivity contribution in [2.75, 3.05) is 18.9 Å². The number of anilines is 1. The Kier molecular flexibility index (Phi) is 5.34. The maximum absolute atomic E-state index is 12.9. The van der Waals surface area contributed by atoms with Gasteiger partial charge in [0.15, 0.2) is 0 Å². The minimum atomic E-state index is -0.405. The number of benzene rings is 2. The van der Waals surface area contributed by atoms with Crippen LogP contribution in [0.1, 0.15) is 27.0 Å². The molecule has 0 aromatic heterocycles. The van der Waals surface area contributed by atoms with Gasteiger partial charge in [0.05, 0.1) is 6.54 Å². The maximum Gasteiger partial charge on any atom is 0.254 e. The van der Waals surface area contributed by atoms with Gasteiger partial charge in [0.2, 0.25) is 5.91 Å². The molecule has 0 radical (unpaired) electrons. The molecule has 2 aromatic rings. The van der Waals surface area contributed by atoms with Gasteiger partial charge >= 0.3 is 0 Å². The first-order chi connectivity index (χ1) is 11.3. The second kappa shape index (κ2) is 7.25. The van der Waals surface area contributed by atoms with Crippen molar-refractivity contribution in [1.29, 1.82) is 0 Å². The van der Waals surface area contributed by atoms with Crippen molar-refractivity contribution in [3.05, 3.63) is 64.5 Å². The molecule has 0 fully saturated rings. The molecular weight excluding hydrogens is 307 g/mol. The van der Waals surface area contributed by atoms with Crippen molar-refractivity contribution in [3.63, 3.8) is 0 Å². The molecule has 0 atom stereocenters. The second-order valence-electron chi connectivity index (χ2n) is 5.99. The zero-order valence-electron chi connectivity index (χ0n) is 14.3. The van der Waals surface area contributed by atoms with E-state index in [9.17, 15) is 14.0 Å². The zero-order chi connectivity index (χ0) is 17.9. The molecule has 2 aromatic carbocycles. The number of carbonyl (C=O) groups excluding carboxylic acids is 2. The van der Waals surface area contributed by atoms with Gasteiger partial charge < -0.3 is 10.2 Å². The van der Waals surface area contributed by atoms with Crippen LogP contribution in [0.25, 0.3) is 0 Å². The number of amides is 2. The molecule has 0 saturated carbocycles. The quantitative estimate of drug-likeness (QED) is 0.934. The van der Waals surface area contributed by atoms with E-state index in [4.69, 9.17) is 0 Å². The fourth-order valence-electron chi connectivity index (χ4n) is 2.66. The van der Waals surface area contributed by atoms with Crippen molar-refractivity contribution in [3.8, 4) is 0 Å². The Labute approximate surface area is 141 Å². The van der Waals surface area contributed by atoms with E-state index in [1.54, 1.807) is 7.05 Å². The Morgan fingerprint density at radius 1 is 1.04 bits per heavy atom. The van der Waals surface area contributed by atoms with Gasteiger partial charge in [-0.25, -0.2) is 4.39 Å². The van der Waals surface area contributed by atoms with Crippen LogP contribution in [0.3, 0.4) is 0 Å². The largest absolute Gasteiger partial charge is 0.332 e. The topological polar surface area (TPSA) is 49.4 Å². The maximum atomic E-state index is 12.9. The summed E-state index contributed by atoms with van der Waals surface area (Å²) in [5.41, 5.74) is 4.20. The molecule has 0 aliphatic carbocycles. The molecule has 24 heavy (non-hydrogen) atoms. The molecule has 0 saturated heterocycles. The summed E-state index contributed by atoms with van der Waals surface area (Å²) in [4.78, 5) is 25.8. The van der Waals surface area contributed by atoms with Gasteiger partial charge in [-0.05, 0) is 56.2 Å². The number of rotatable bonds is 4. The van der Waals surface area contributed by atoms with Crippen LogP contribution in [-0.4, -0.2) is 30.3 Å². The van der Waals surface area contributed by atoms with Gasteiger partial charge in [0.1, 0.15) is 5.82 Å². The summed E-state index contributed by atoms with van der Waals surface area (Å²) in [6.45, 7) is 5.79. The van der Waals surface area contributed by atoms with Gasteiger partial charge in [-0.2, -0.15) is 0 Å². The van der Waals surface area contributed by atoms with E-state index in [0.29, 0.717) is 5.56 Å². The molecule has 0 aliphatic rings. The summed E-state index contributed by atoms with van der Waals surface area (Å²) in [5, 5.41) is 2.86. The normalized spacial score (nSPS) is 10.4. The molecule has 0 bridgehead atoms. The SMILES string of the molecule is Cc1cc(C)c(NC(=O)CN(C)C(=O)c2ccc(F)cc2)c(C)c1. The highest BCUT2D eigenvalue weighted by atomic mass is 19.1. The summed E-state index contributed by atoms with van der Waals surface area (Å²) in [7, 11) is 1.54. The lowest BCUT2D eigenvalue weighted by Gasteiger charge is -2.18. The molecule has 126 valence electrons. The van der Waals surface area contributed by atoms with Crippen molar-refractivity contribution < 1.29 is 14.0 Å². The Morgan fingerprint density at radius 3 is 2.12 bits per heavy atom. The van der Waals surface area contributed by atoms with Gasteiger partial charge in [-0.15, -0.1) is 0 Å². The van der Waals surface area contributed by atoms with E-state index in [2.05, 4.69) is 5.32 Å². The summed E-state index contributed by atoms with van der Waals surface area (Å²) < 4.78 is 12.9. The lowest BCUT2D eigenvalue weighted by atomic mass is 10.1. The summed E-state index contributed by atoms with van der Waals surface area (Å²) in [6, 6.07) is 9.24. The number of hydrogen-bond donors (Lipinski definition) is 1. The molecule has 1 N–H and O–H groups in total. The summed E-state index contributed by atoms with van der Waals surface area (Å²) >= 11 is 0. The Hall–Kier alpha value is -2.69. The molecule has 0 aliphatic heterocycles. The third-order valence-corrected chi connectivity index (χ3v) is 3.76. The minimum absolute atomic E-state index is 0.0804. The van der Waals surface area contributed by atoms with E-state index in [1.165, 1.54) is 29.2 Å². The van der Waals surface area contributed by atoms with E-state index in [-0.39, 0.29) is 18.4 Å². The van der Waals surface area contributed by atoms with Crippen molar-refractivity contribution in [1.82, 2.24) is 4.90 Å². The zero-order valence-corrected chi connectivity index (χ0v) is 14.3. The number of nitrogens with zero attached hydrogens (tertiary/aromatic N) is 1. The third-order valence-electron chi connectivity index (χ3n) is 3.76. The Morgan fingerprint density at radius 2 is 1.58 bits per heavy atom. The van der Waals surface area contributed by atoms with E-state index >= 15 is 0 Å². The predicted octanol–water partition coefficient (Wildman–Crippen LogP) is 3.46. The second-order valence-corrected chi connectivity index (χ2v) is 5.99. The summed E-state index contributed by atoms with van der Waals surface area (Å²) in [5.74, 6) is -1.01. The highest BCUT2D eigenvalue weighted by Gasteiger charge is 2.16. The van der Waals surface area contributed by atoms with Gasteiger partial charge in [-0.1, -0.05) is 17.7 Å². The van der Waals surface area contributed by atoms with Crippen LogP contribution in [-0.2, 0) is 4.79 Å². The van der Waals surface area contributed by atoms with Crippen LogP contribution in [0.5, 0.6) is 0 Å². The number of aryl methyl sites for hydroxylation is 3. The van der Waals surface area contributed by atoms with Crippen LogP contribution >= 0.6 is 0 Å². The lowest BCUT2D eigenvalue weighted by molar-refractivity contribution is -0.116. The first-order valence-corrected chi connectivity index (χ1v) is 7.66. The number of halogens is 1. The molecule has 0 heterocycles. The van der Waals surface area contributed by atoms with Crippen molar-refractivity contribution in [2.45, 2.75) is 20.8 Å². The average molecular weight is 328 g/mol.